The number of anilines is 1. The zero-order valence-electron chi connectivity index (χ0n) is 9.90. The molecule has 1 fully saturated rings. The molecule has 0 spiro atoms. The third-order valence-electron chi connectivity index (χ3n) is 2.65. The lowest BCUT2D eigenvalue weighted by molar-refractivity contribution is 0.677. The molecule has 0 radical (unpaired) electrons. The summed E-state index contributed by atoms with van der Waals surface area (Å²) in [7, 11) is 2.12. The van der Waals surface area contributed by atoms with Gasteiger partial charge >= 0.3 is 0 Å². The number of thiazole rings is 1. The summed E-state index contributed by atoms with van der Waals surface area (Å²) in [5.74, 6) is 1.16. The summed E-state index contributed by atoms with van der Waals surface area (Å²) >= 11 is 3.62. The zero-order chi connectivity index (χ0) is 11.4. The van der Waals surface area contributed by atoms with Gasteiger partial charge in [-0.1, -0.05) is 0 Å². The molecule has 1 saturated carbocycles. The van der Waals surface area contributed by atoms with Crippen LogP contribution in [-0.2, 0) is 6.54 Å². The summed E-state index contributed by atoms with van der Waals surface area (Å²) in [5, 5.41) is 6.80. The number of nitrogens with one attached hydrogen (secondary N) is 1. The van der Waals surface area contributed by atoms with Gasteiger partial charge in [0, 0.05) is 37.3 Å². The second-order valence-corrected chi connectivity index (χ2v) is 6.01. The van der Waals surface area contributed by atoms with Gasteiger partial charge in [0.2, 0.25) is 0 Å². The number of rotatable bonds is 7. The van der Waals surface area contributed by atoms with Crippen LogP contribution in [-0.4, -0.2) is 36.6 Å². The molecule has 1 N–H and O–H groups in total. The van der Waals surface area contributed by atoms with Crippen molar-refractivity contribution < 1.29 is 0 Å². The van der Waals surface area contributed by atoms with Crippen LogP contribution in [0.3, 0.4) is 0 Å². The molecule has 1 aliphatic carbocycles. The summed E-state index contributed by atoms with van der Waals surface area (Å²) in [4.78, 5) is 6.87. The molecule has 1 heterocycles. The monoisotopic (exact) mass is 257 g/mol. The molecule has 90 valence electrons. The number of thioether (sulfide) groups is 1. The molecule has 0 atom stereocenters. The number of aromatic nitrogens is 1. The summed E-state index contributed by atoms with van der Waals surface area (Å²) in [5.41, 5.74) is 1.18. The van der Waals surface area contributed by atoms with Crippen molar-refractivity contribution >= 4 is 28.2 Å². The van der Waals surface area contributed by atoms with Gasteiger partial charge in [0.15, 0.2) is 5.13 Å². The predicted octanol–water partition coefficient (Wildman–Crippen LogP) is 2.19. The van der Waals surface area contributed by atoms with E-state index in [4.69, 9.17) is 0 Å². The predicted molar refractivity (Wildman–Crippen MR) is 73.6 cm³/mol. The van der Waals surface area contributed by atoms with Crippen molar-refractivity contribution in [3.63, 3.8) is 0 Å². The first kappa shape index (κ1) is 12.2. The summed E-state index contributed by atoms with van der Waals surface area (Å²) < 4.78 is 0. The van der Waals surface area contributed by atoms with Crippen LogP contribution in [0.5, 0.6) is 0 Å². The Morgan fingerprint density at radius 1 is 1.62 bits per heavy atom. The molecule has 1 aromatic heterocycles. The highest BCUT2D eigenvalue weighted by Gasteiger charge is 2.20. The van der Waals surface area contributed by atoms with E-state index in [2.05, 4.69) is 33.9 Å². The maximum absolute atomic E-state index is 4.64. The highest BCUT2D eigenvalue weighted by molar-refractivity contribution is 7.98. The normalized spacial score (nSPS) is 15.4. The third kappa shape index (κ3) is 3.64. The summed E-state index contributed by atoms with van der Waals surface area (Å²) in [6.45, 7) is 2.00. The Labute approximate surface area is 106 Å². The Kier molecular flexibility index (Phi) is 4.49. The van der Waals surface area contributed by atoms with Crippen molar-refractivity contribution in [3.05, 3.63) is 11.1 Å². The van der Waals surface area contributed by atoms with E-state index in [0.717, 1.165) is 30.0 Å². The lowest BCUT2D eigenvalue weighted by Gasteiger charge is -2.14. The Bertz CT molecular complexity index is 323. The SMILES string of the molecule is CSCCN(C)c1nc(CNC2CC2)cs1. The lowest BCUT2D eigenvalue weighted by Crippen LogP contribution is -2.20. The van der Waals surface area contributed by atoms with Crippen molar-refractivity contribution in [1.82, 2.24) is 10.3 Å². The van der Waals surface area contributed by atoms with Crippen LogP contribution < -0.4 is 10.2 Å². The molecule has 0 unspecified atom stereocenters. The minimum Gasteiger partial charge on any atom is -0.350 e. The lowest BCUT2D eigenvalue weighted by atomic mass is 10.5. The van der Waals surface area contributed by atoms with Crippen molar-refractivity contribution in [2.75, 3.05) is 30.5 Å². The largest absolute Gasteiger partial charge is 0.350 e. The van der Waals surface area contributed by atoms with E-state index in [-0.39, 0.29) is 0 Å². The van der Waals surface area contributed by atoms with Crippen molar-refractivity contribution in [3.8, 4) is 0 Å². The maximum Gasteiger partial charge on any atom is 0.185 e. The molecule has 1 aliphatic rings. The quantitative estimate of drug-likeness (QED) is 0.810. The second-order valence-electron chi connectivity index (χ2n) is 4.19. The first-order valence-corrected chi connectivity index (χ1v) is 7.95. The summed E-state index contributed by atoms with van der Waals surface area (Å²) in [6.07, 6.45) is 4.82. The number of nitrogens with zero attached hydrogens (tertiary/aromatic N) is 2. The van der Waals surface area contributed by atoms with Crippen molar-refractivity contribution in [2.45, 2.75) is 25.4 Å². The molecule has 3 nitrogen and oxygen atoms in total. The van der Waals surface area contributed by atoms with E-state index >= 15 is 0 Å². The van der Waals surface area contributed by atoms with Gasteiger partial charge in [-0.2, -0.15) is 11.8 Å². The van der Waals surface area contributed by atoms with Crippen LogP contribution in [0.4, 0.5) is 5.13 Å². The molecule has 16 heavy (non-hydrogen) atoms. The Morgan fingerprint density at radius 3 is 3.12 bits per heavy atom. The molecule has 0 saturated heterocycles. The molecule has 0 aliphatic heterocycles. The maximum atomic E-state index is 4.64. The van der Waals surface area contributed by atoms with Crippen LogP contribution in [0, 0.1) is 0 Å². The van der Waals surface area contributed by atoms with Crippen LogP contribution in [0.25, 0.3) is 0 Å². The third-order valence-corrected chi connectivity index (χ3v) is 4.24. The molecule has 0 aromatic carbocycles. The highest BCUT2D eigenvalue weighted by Crippen LogP contribution is 2.22. The Morgan fingerprint density at radius 2 is 2.44 bits per heavy atom. The van der Waals surface area contributed by atoms with Crippen molar-refractivity contribution in [2.24, 2.45) is 0 Å². The Hall–Kier alpha value is -0.260. The summed E-state index contributed by atoms with van der Waals surface area (Å²) in [6, 6.07) is 0.763. The molecular formula is C11H19N3S2. The molecule has 0 amide bonds. The van der Waals surface area contributed by atoms with E-state index in [0.29, 0.717) is 0 Å². The van der Waals surface area contributed by atoms with E-state index in [1.807, 2.05) is 11.8 Å². The molecule has 5 heteroatoms. The fourth-order valence-corrected chi connectivity index (χ4v) is 2.69. The van der Waals surface area contributed by atoms with Gasteiger partial charge in [-0.05, 0) is 19.1 Å². The highest BCUT2D eigenvalue weighted by atomic mass is 32.2. The first-order chi connectivity index (χ1) is 7.79. The van der Waals surface area contributed by atoms with Gasteiger partial charge in [-0.3, -0.25) is 0 Å². The van der Waals surface area contributed by atoms with Gasteiger partial charge in [0.05, 0.1) is 5.69 Å². The van der Waals surface area contributed by atoms with Gasteiger partial charge in [-0.15, -0.1) is 11.3 Å². The fraction of sp³-hybridized carbons (Fsp3) is 0.727. The van der Waals surface area contributed by atoms with Gasteiger partial charge in [0.25, 0.3) is 0 Å². The minimum atomic E-state index is 0.763. The Balaban J connectivity index is 1.80. The smallest absolute Gasteiger partial charge is 0.185 e. The van der Waals surface area contributed by atoms with Gasteiger partial charge < -0.3 is 10.2 Å². The van der Waals surface area contributed by atoms with E-state index < -0.39 is 0 Å². The van der Waals surface area contributed by atoms with Crippen LogP contribution in [0.2, 0.25) is 0 Å². The number of hydrogen-bond donors (Lipinski definition) is 1. The van der Waals surface area contributed by atoms with Crippen molar-refractivity contribution in [1.29, 1.82) is 0 Å². The van der Waals surface area contributed by atoms with Crippen LogP contribution in [0.15, 0.2) is 5.38 Å². The van der Waals surface area contributed by atoms with E-state index in [1.54, 1.807) is 11.3 Å². The van der Waals surface area contributed by atoms with Crippen LogP contribution in [0.1, 0.15) is 18.5 Å². The molecule has 2 rings (SSSR count). The van der Waals surface area contributed by atoms with Gasteiger partial charge in [-0.25, -0.2) is 4.98 Å². The first-order valence-electron chi connectivity index (χ1n) is 5.67. The standard InChI is InChI=1S/C11H19N3S2/c1-14(5-6-15-2)11-13-10(8-16-11)7-12-9-3-4-9/h8-9,12H,3-7H2,1-2H3. The minimum absolute atomic E-state index is 0.763. The number of hydrogen-bond acceptors (Lipinski definition) is 5. The second kappa shape index (κ2) is 5.89. The zero-order valence-corrected chi connectivity index (χ0v) is 11.5. The van der Waals surface area contributed by atoms with Gasteiger partial charge in [0.1, 0.15) is 0 Å². The van der Waals surface area contributed by atoms with Crippen LogP contribution >= 0.6 is 23.1 Å². The fourth-order valence-electron chi connectivity index (χ4n) is 1.41. The molecular weight excluding hydrogens is 238 g/mol. The molecule has 1 aromatic rings. The topological polar surface area (TPSA) is 28.2 Å². The van der Waals surface area contributed by atoms with E-state index in [1.165, 1.54) is 18.5 Å². The average molecular weight is 257 g/mol. The molecule has 0 bridgehead atoms. The average Bonchev–Trinajstić information content (AvgIpc) is 3.00. The van der Waals surface area contributed by atoms with E-state index in [9.17, 15) is 0 Å².